The van der Waals surface area contributed by atoms with Gasteiger partial charge in [0.15, 0.2) is 0 Å². The number of carbonyl (C=O) groups is 1. The molecule has 0 fully saturated rings. The van der Waals surface area contributed by atoms with Gasteiger partial charge in [0.2, 0.25) is 0 Å². The Morgan fingerprint density at radius 2 is 1.41 bits per heavy atom. The van der Waals surface area contributed by atoms with Crippen molar-refractivity contribution in [3.8, 4) is 0 Å². The fourth-order valence-electron chi connectivity index (χ4n) is 2.45. The summed E-state index contributed by atoms with van der Waals surface area (Å²) in [6.45, 7) is 2.12. The van der Waals surface area contributed by atoms with E-state index in [2.05, 4.69) is 17.2 Å². The molecule has 0 radical (unpaired) electrons. The highest BCUT2D eigenvalue weighted by molar-refractivity contribution is 5.89. The van der Waals surface area contributed by atoms with E-state index < -0.39 is 5.97 Å². The van der Waals surface area contributed by atoms with Gasteiger partial charge in [-0.15, -0.1) is 0 Å². The largest absolute Gasteiger partial charge is 0.363 e. The standard InChI is InChI=1S/C22H21N3O2/c1-3-17-9-11-19(12-10-17)23-24-20-13-15-21(16-14-20)25(2)27-22(26)18-7-5-4-6-8-18/h4-16H,3H2,1-2H3. The van der Waals surface area contributed by atoms with Crippen LogP contribution in [-0.2, 0) is 11.3 Å². The number of rotatable bonds is 6. The summed E-state index contributed by atoms with van der Waals surface area (Å²) in [6.07, 6.45) is 1.00. The van der Waals surface area contributed by atoms with E-state index in [1.165, 1.54) is 10.6 Å². The van der Waals surface area contributed by atoms with Gasteiger partial charge in [0.25, 0.3) is 0 Å². The molecular formula is C22H21N3O2. The topological polar surface area (TPSA) is 54.3 Å². The highest BCUT2D eigenvalue weighted by atomic mass is 16.7. The quantitative estimate of drug-likeness (QED) is 0.408. The van der Waals surface area contributed by atoms with Crippen molar-refractivity contribution < 1.29 is 9.63 Å². The van der Waals surface area contributed by atoms with E-state index in [1.807, 2.05) is 54.6 Å². The summed E-state index contributed by atoms with van der Waals surface area (Å²) in [6, 6.07) is 24.2. The van der Waals surface area contributed by atoms with E-state index in [1.54, 1.807) is 31.3 Å². The summed E-state index contributed by atoms with van der Waals surface area (Å²) >= 11 is 0. The van der Waals surface area contributed by atoms with Crippen molar-refractivity contribution in [2.45, 2.75) is 13.3 Å². The third-order valence-electron chi connectivity index (χ3n) is 4.07. The number of aryl methyl sites for hydroxylation is 1. The zero-order valence-corrected chi connectivity index (χ0v) is 15.4. The van der Waals surface area contributed by atoms with Crippen molar-refractivity contribution in [3.63, 3.8) is 0 Å². The van der Waals surface area contributed by atoms with Crippen molar-refractivity contribution in [2.75, 3.05) is 12.1 Å². The van der Waals surface area contributed by atoms with Gasteiger partial charge in [-0.1, -0.05) is 37.3 Å². The molecule has 136 valence electrons. The molecular weight excluding hydrogens is 338 g/mol. The van der Waals surface area contributed by atoms with Crippen molar-refractivity contribution in [1.29, 1.82) is 0 Å². The number of benzene rings is 3. The van der Waals surface area contributed by atoms with Crippen LogP contribution in [0, 0.1) is 0 Å². The molecule has 0 aromatic heterocycles. The molecule has 0 heterocycles. The normalized spacial score (nSPS) is 10.7. The maximum absolute atomic E-state index is 12.1. The smallest absolute Gasteiger partial charge is 0.336 e. The summed E-state index contributed by atoms with van der Waals surface area (Å²) in [5, 5.41) is 9.91. The Labute approximate surface area is 158 Å². The predicted molar refractivity (Wildman–Crippen MR) is 107 cm³/mol. The van der Waals surface area contributed by atoms with Crippen LogP contribution < -0.4 is 5.06 Å². The summed E-state index contributed by atoms with van der Waals surface area (Å²) < 4.78 is 0. The van der Waals surface area contributed by atoms with Crippen molar-refractivity contribution >= 4 is 23.0 Å². The Hall–Kier alpha value is -3.47. The molecule has 3 aromatic carbocycles. The minimum atomic E-state index is -0.405. The molecule has 27 heavy (non-hydrogen) atoms. The summed E-state index contributed by atoms with van der Waals surface area (Å²) in [7, 11) is 1.69. The molecule has 5 heteroatoms. The Kier molecular flexibility index (Phi) is 5.94. The maximum atomic E-state index is 12.1. The lowest BCUT2D eigenvalue weighted by molar-refractivity contribution is 0.0478. The fraction of sp³-hybridized carbons (Fsp3) is 0.136. The van der Waals surface area contributed by atoms with Gasteiger partial charge in [-0.25, -0.2) is 9.86 Å². The van der Waals surface area contributed by atoms with Crippen LogP contribution in [0.2, 0.25) is 0 Å². The molecule has 0 amide bonds. The number of hydrogen-bond donors (Lipinski definition) is 0. The van der Waals surface area contributed by atoms with Crippen LogP contribution in [0.1, 0.15) is 22.8 Å². The zero-order valence-electron chi connectivity index (χ0n) is 15.4. The zero-order chi connectivity index (χ0) is 19.1. The number of nitrogens with zero attached hydrogens (tertiary/aromatic N) is 3. The van der Waals surface area contributed by atoms with E-state index >= 15 is 0 Å². The number of anilines is 1. The summed E-state index contributed by atoms with van der Waals surface area (Å²) in [5.74, 6) is -0.405. The number of hydroxylamine groups is 1. The number of carbonyl (C=O) groups excluding carboxylic acids is 1. The first kappa shape index (κ1) is 18.3. The van der Waals surface area contributed by atoms with E-state index in [0.717, 1.165) is 23.5 Å². The van der Waals surface area contributed by atoms with Crippen LogP contribution in [-0.4, -0.2) is 13.0 Å². The fourth-order valence-corrected chi connectivity index (χ4v) is 2.45. The van der Waals surface area contributed by atoms with Crippen LogP contribution in [0.15, 0.2) is 89.1 Å². The molecule has 3 rings (SSSR count). The minimum absolute atomic E-state index is 0.405. The first-order valence-electron chi connectivity index (χ1n) is 8.77. The van der Waals surface area contributed by atoms with Crippen LogP contribution in [0.5, 0.6) is 0 Å². The predicted octanol–water partition coefficient (Wildman–Crippen LogP) is 5.87. The van der Waals surface area contributed by atoms with Crippen molar-refractivity contribution in [3.05, 3.63) is 90.0 Å². The molecule has 0 saturated carbocycles. The van der Waals surface area contributed by atoms with Crippen LogP contribution in [0.3, 0.4) is 0 Å². The molecule has 0 bridgehead atoms. The monoisotopic (exact) mass is 359 g/mol. The molecule has 0 atom stereocenters. The summed E-state index contributed by atoms with van der Waals surface area (Å²) in [5.41, 5.74) is 4.05. The van der Waals surface area contributed by atoms with Gasteiger partial charge in [0.05, 0.1) is 22.6 Å². The Bertz CT molecular complexity index is 905. The molecule has 3 aromatic rings. The van der Waals surface area contributed by atoms with E-state index in [0.29, 0.717) is 5.56 Å². The van der Waals surface area contributed by atoms with Crippen LogP contribution in [0.4, 0.5) is 17.1 Å². The maximum Gasteiger partial charge on any atom is 0.363 e. The average Bonchev–Trinajstić information content (AvgIpc) is 2.73. The van der Waals surface area contributed by atoms with E-state index in [-0.39, 0.29) is 0 Å². The van der Waals surface area contributed by atoms with E-state index in [9.17, 15) is 4.79 Å². The third-order valence-corrected chi connectivity index (χ3v) is 4.07. The van der Waals surface area contributed by atoms with E-state index in [4.69, 9.17) is 4.84 Å². The van der Waals surface area contributed by atoms with Gasteiger partial charge in [-0.2, -0.15) is 10.2 Å². The lowest BCUT2D eigenvalue weighted by Gasteiger charge is -2.18. The first-order valence-corrected chi connectivity index (χ1v) is 8.77. The minimum Gasteiger partial charge on any atom is -0.336 e. The highest BCUT2D eigenvalue weighted by Crippen LogP contribution is 2.22. The van der Waals surface area contributed by atoms with Crippen molar-refractivity contribution in [1.82, 2.24) is 0 Å². The van der Waals surface area contributed by atoms with Crippen LogP contribution in [0.25, 0.3) is 0 Å². The second-order valence-corrected chi connectivity index (χ2v) is 5.98. The molecule has 0 aliphatic rings. The molecule has 0 aliphatic carbocycles. The van der Waals surface area contributed by atoms with Gasteiger partial charge in [0, 0.05) is 7.05 Å². The third kappa shape index (κ3) is 5.01. The van der Waals surface area contributed by atoms with Gasteiger partial charge in [-0.05, 0) is 60.5 Å². The molecule has 0 saturated heterocycles. The van der Waals surface area contributed by atoms with Gasteiger partial charge >= 0.3 is 5.97 Å². The Balaban J connectivity index is 1.62. The molecule has 0 unspecified atom stereocenters. The van der Waals surface area contributed by atoms with Gasteiger partial charge in [-0.3, -0.25) is 0 Å². The SMILES string of the molecule is CCc1ccc(N=Nc2ccc(N(C)OC(=O)c3ccccc3)cc2)cc1. The lowest BCUT2D eigenvalue weighted by Crippen LogP contribution is -2.22. The van der Waals surface area contributed by atoms with Crippen molar-refractivity contribution in [2.24, 2.45) is 10.2 Å². The lowest BCUT2D eigenvalue weighted by atomic mass is 10.2. The molecule has 0 spiro atoms. The molecule has 0 aliphatic heterocycles. The summed E-state index contributed by atoms with van der Waals surface area (Å²) in [4.78, 5) is 17.5. The molecule has 0 N–H and O–H groups in total. The second kappa shape index (κ2) is 8.76. The number of azo groups is 1. The van der Waals surface area contributed by atoms with Gasteiger partial charge in [0.1, 0.15) is 0 Å². The number of hydrogen-bond acceptors (Lipinski definition) is 5. The second-order valence-electron chi connectivity index (χ2n) is 5.98. The van der Waals surface area contributed by atoms with Gasteiger partial charge < -0.3 is 4.84 Å². The Morgan fingerprint density at radius 3 is 1.96 bits per heavy atom. The highest BCUT2D eigenvalue weighted by Gasteiger charge is 2.11. The average molecular weight is 359 g/mol. The Morgan fingerprint density at radius 1 is 0.852 bits per heavy atom. The first-order chi connectivity index (χ1) is 13.2. The van der Waals surface area contributed by atoms with Crippen LogP contribution >= 0.6 is 0 Å². The molecule has 5 nitrogen and oxygen atoms in total.